The Balaban J connectivity index is 3.16. The van der Waals surface area contributed by atoms with E-state index in [-0.39, 0.29) is 5.56 Å². The van der Waals surface area contributed by atoms with Crippen molar-refractivity contribution < 1.29 is 14.1 Å². The maximum atomic E-state index is 10.4. The SMILES string of the molecule is O=C(Cl)c1cocc1[N+](=O)[O-]. The van der Waals surface area contributed by atoms with Crippen LogP contribution in [0.25, 0.3) is 0 Å². The zero-order chi connectivity index (χ0) is 8.43. The first-order valence-electron chi connectivity index (χ1n) is 2.53. The molecule has 11 heavy (non-hydrogen) atoms. The van der Waals surface area contributed by atoms with E-state index in [1.807, 2.05) is 0 Å². The van der Waals surface area contributed by atoms with Gasteiger partial charge in [-0.1, -0.05) is 0 Å². The molecule has 1 aromatic heterocycles. The third-order valence-electron chi connectivity index (χ3n) is 1.05. The van der Waals surface area contributed by atoms with E-state index < -0.39 is 15.9 Å². The first-order chi connectivity index (χ1) is 5.13. The van der Waals surface area contributed by atoms with E-state index in [0.29, 0.717) is 0 Å². The van der Waals surface area contributed by atoms with Gasteiger partial charge in [0.2, 0.25) is 0 Å². The maximum absolute atomic E-state index is 10.4. The molecular formula is C5H2ClNO4. The number of nitrogens with zero attached hydrogens (tertiary/aromatic N) is 1. The predicted octanol–water partition coefficient (Wildman–Crippen LogP) is 1.57. The van der Waals surface area contributed by atoms with Crippen molar-refractivity contribution in [2.45, 2.75) is 0 Å². The van der Waals surface area contributed by atoms with Gasteiger partial charge in [0.15, 0.2) is 6.26 Å². The highest BCUT2D eigenvalue weighted by molar-refractivity contribution is 6.68. The van der Waals surface area contributed by atoms with Gasteiger partial charge in [-0.2, -0.15) is 0 Å². The number of hydrogen-bond acceptors (Lipinski definition) is 4. The number of carbonyl (C=O) groups excluding carboxylic acids is 1. The van der Waals surface area contributed by atoms with Crippen LogP contribution in [0.4, 0.5) is 5.69 Å². The second kappa shape index (κ2) is 2.71. The summed E-state index contributed by atoms with van der Waals surface area (Å²) >= 11 is 4.99. The minimum atomic E-state index is -0.898. The summed E-state index contributed by atoms with van der Waals surface area (Å²) in [6.07, 6.45) is 1.79. The normalized spacial score (nSPS) is 9.55. The van der Waals surface area contributed by atoms with Crippen molar-refractivity contribution in [2.24, 2.45) is 0 Å². The predicted molar refractivity (Wildman–Crippen MR) is 35.5 cm³/mol. The maximum Gasteiger partial charge on any atom is 0.319 e. The van der Waals surface area contributed by atoms with E-state index in [1.54, 1.807) is 0 Å². The summed E-state index contributed by atoms with van der Waals surface area (Å²) in [5.41, 5.74) is -0.637. The average Bonchev–Trinajstić information content (AvgIpc) is 2.32. The fraction of sp³-hybridized carbons (Fsp3) is 0. The Morgan fingerprint density at radius 3 is 2.64 bits per heavy atom. The third-order valence-corrected chi connectivity index (χ3v) is 1.25. The number of hydrogen-bond donors (Lipinski definition) is 0. The van der Waals surface area contributed by atoms with Gasteiger partial charge >= 0.3 is 5.69 Å². The first kappa shape index (κ1) is 7.74. The van der Waals surface area contributed by atoms with E-state index in [9.17, 15) is 14.9 Å². The van der Waals surface area contributed by atoms with E-state index in [2.05, 4.69) is 4.42 Å². The van der Waals surface area contributed by atoms with Crippen LogP contribution in [0.5, 0.6) is 0 Å². The molecule has 0 bridgehead atoms. The molecule has 0 spiro atoms. The van der Waals surface area contributed by atoms with Gasteiger partial charge in [0.1, 0.15) is 11.8 Å². The van der Waals surface area contributed by atoms with Crippen LogP contribution in [0.15, 0.2) is 16.9 Å². The summed E-state index contributed by atoms with van der Waals surface area (Å²) in [6, 6.07) is 0. The molecule has 0 saturated heterocycles. The Morgan fingerprint density at radius 1 is 1.64 bits per heavy atom. The summed E-state index contributed by atoms with van der Waals surface area (Å²) in [5.74, 6) is 0. The van der Waals surface area contributed by atoms with Gasteiger partial charge in [-0.25, -0.2) is 0 Å². The van der Waals surface area contributed by atoms with Gasteiger partial charge < -0.3 is 4.42 Å². The molecule has 0 unspecified atom stereocenters. The van der Waals surface area contributed by atoms with Gasteiger partial charge in [0, 0.05) is 0 Å². The average molecular weight is 176 g/mol. The number of rotatable bonds is 2. The molecule has 1 rings (SSSR count). The van der Waals surface area contributed by atoms with Crippen LogP contribution >= 0.6 is 11.6 Å². The van der Waals surface area contributed by atoms with Gasteiger partial charge in [-0.15, -0.1) is 0 Å². The van der Waals surface area contributed by atoms with Crippen LogP contribution in [0.3, 0.4) is 0 Å². The lowest BCUT2D eigenvalue weighted by Gasteiger charge is -1.84. The minimum absolute atomic E-state index is 0.225. The van der Waals surface area contributed by atoms with Crippen molar-refractivity contribution >= 4 is 22.5 Å². The number of halogens is 1. The quantitative estimate of drug-likeness (QED) is 0.388. The lowest BCUT2D eigenvalue weighted by atomic mass is 10.3. The van der Waals surface area contributed by atoms with Gasteiger partial charge in [0.25, 0.3) is 5.24 Å². The van der Waals surface area contributed by atoms with E-state index in [4.69, 9.17) is 11.6 Å². The van der Waals surface area contributed by atoms with Gasteiger partial charge in [-0.3, -0.25) is 14.9 Å². The number of nitro groups is 1. The van der Waals surface area contributed by atoms with Crippen LogP contribution in [-0.2, 0) is 0 Å². The van der Waals surface area contributed by atoms with Crippen LogP contribution in [0.1, 0.15) is 10.4 Å². The van der Waals surface area contributed by atoms with Crippen molar-refractivity contribution in [3.63, 3.8) is 0 Å². The van der Waals surface area contributed by atoms with Crippen LogP contribution in [0, 0.1) is 10.1 Å². The van der Waals surface area contributed by atoms with Crippen molar-refractivity contribution in [3.8, 4) is 0 Å². The molecule has 0 N–H and O–H groups in total. The van der Waals surface area contributed by atoms with Gasteiger partial charge in [0.05, 0.1) is 4.92 Å². The lowest BCUT2D eigenvalue weighted by Crippen LogP contribution is -1.93. The molecule has 0 atom stereocenters. The number of furan rings is 1. The Kier molecular flexibility index (Phi) is 1.91. The van der Waals surface area contributed by atoms with Crippen LogP contribution in [-0.4, -0.2) is 10.2 Å². The molecule has 0 aliphatic carbocycles. The fourth-order valence-corrected chi connectivity index (χ4v) is 0.720. The molecule has 0 aliphatic heterocycles. The third kappa shape index (κ3) is 1.38. The zero-order valence-corrected chi connectivity index (χ0v) is 5.87. The molecule has 0 fully saturated rings. The van der Waals surface area contributed by atoms with Gasteiger partial charge in [-0.05, 0) is 11.6 Å². The molecule has 0 aromatic carbocycles. The molecule has 0 aliphatic rings. The van der Waals surface area contributed by atoms with Crippen LogP contribution in [0.2, 0.25) is 0 Å². The Hall–Kier alpha value is -1.36. The summed E-state index contributed by atoms with van der Waals surface area (Å²) in [7, 11) is 0. The van der Waals surface area contributed by atoms with E-state index in [1.165, 1.54) is 0 Å². The topological polar surface area (TPSA) is 73.3 Å². The largest absolute Gasteiger partial charge is 0.464 e. The molecule has 5 nitrogen and oxygen atoms in total. The zero-order valence-electron chi connectivity index (χ0n) is 5.11. The molecular weight excluding hydrogens is 174 g/mol. The second-order valence-electron chi connectivity index (χ2n) is 1.70. The van der Waals surface area contributed by atoms with Crippen molar-refractivity contribution in [1.82, 2.24) is 0 Å². The summed E-state index contributed by atoms with van der Waals surface area (Å²) < 4.78 is 4.42. The highest BCUT2D eigenvalue weighted by atomic mass is 35.5. The molecule has 6 heteroatoms. The standard InChI is InChI=1S/C5H2ClNO4/c6-5(8)3-1-11-2-4(3)7(9)10/h1-2H. The molecule has 1 aromatic rings. The van der Waals surface area contributed by atoms with Crippen molar-refractivity contribution in [2.75, 3.05) is 0 Å². The van der Waals surface area contributed by atoms with Crippen molar-refractivity contribution in [1.29, 1.82) is 0 Å². The molecule has 58 valence electrons. The molecule has 0 saturated carbocycles. The fourth-order valence-electron chi connectivity index (χ4n) is 0.579. The summed E-state index contributed by atoms with van der Waals surface area (Å²) in [6.45, 7) is 0. The Bertz CT molecular complexity index is 277. The highest BCUT2D eigenvalue weighted by Gasteiger charge is 2.20. The molecule has 0 amide bonds. The second-order valence-corrected chi connectivity index (χ2v) is 2.04. The monoisotopic (exact) mass is 175 g/mol. The molecule has 1 heterocycles. The van der Waals surface area contributed by atoms with E-state index >= 15 is 0 Å². The smallest absolute Gasteiger partial charge is 0.319 e. The lowest BCUT2D eigenvalue weighted by molar-refractivity contribution is -0.385. The highest BCUT2D eigenvalue weighted by Crippen LogP contribution is 2.20. The number of carbonyl (C=O) groups is 1. The van der Waals surface area contributed by atoms with Crippen LogP contribution < -0.4 is 0 Å². The van der Waals surface area contributed by atoms with Crippen molar-refractivity contribution in [3.05, 3.63) is 28.2 Å². The molecule has 0 radical (unpaired) electrons. The minimum Gasteiger partial charge on any atom is -0.464 e. The summed E-state index contributed by atoms with van der Waals surface area (Å²) in [4.78, 5) is 19.8. The first-order valence-corrected chi connectivity index (χ1v) is 2.91. The Labute approximate surface area is 65.7 Å². The Morgan fingerprint density at radius 2 is 2.27 bits per heavy atom. The summed E-state index contributed by atoms with van der Waals surface area (Å²) in [5, 5.41) is 9.22. The van der Waals surface area contributed by atoms with E-state index in [0.717, 1.165) is 12.5 Å².